The number of hydrogen-bond acceptors (Lipinski definition) is 3. The lowest BCUT2D eigenvalue weighted by atomic mass is 10.1. The average molecular weight is 203 g/mol. The first-order valence-electron chi connectivity index (χ1n) is 4.87. The van der Waals surface area contributed by atoms with Crippen LogP contribution in [0.15, 0.2) is 36.4 Å². The van der Waals surface area contributed by atoms with Gasteiger partial charge in [0.15, 0.2) is 0 Å². The number of rotatable bonds is 3. The molecule has 78 valence electrons. The van der Waals surface area contributed by atoms with Crippen LogP contribution in [0, 0.1) is 0 Å². The Balaban J connectivity index is 2.48. The molecule has 2 rings (SSSR count). The Morgan fingerprint density at radius 3 is 2.33 bits per heavy atom. The highest BCUT2D eigenvalue weighted by molar-refractivity contribution is 5.85. The Hall–Kier alpha value is -1.74. The first-order valence-corrected chi connectivity index (χ1v) is 4.87. The highest BCUT2D eigenvalue weighted by Crippen LogP contribution is 2.24. The molecule has 0 bridgehead atoms. The molecule has 15 heavy (non-hydrogen) atoms. The molecule has 0 aliphatic heterocycles. The third-order valence-corrected chi connectivity index (χ3v) is 2.23. The van der Waals surface area contributed by atoms with Crippen LogP contribution in [0.2, 0.25) is 0 Å². The molecule has 0 fully saturated rings. The van der Waals surface area contributed by atoms with Crippen molar-refractivity contribution in [1.29, 1.82) is 0 Å². The topological polar surface area (TPSA) is 44.5 Å². The summed E-state index contributed by atoms with van der Waals surface area (Å²) in [5, 5.41) is 2.20. The minimum absolute atomic E-state index is 0.649. The van der Waals surface area contributed by atoms with Crippen molar-refractivity contribution in [3.05, 3.63) is 36.4 Å². The Labute approximate surface area is 88.4 Å². The highest BCUT2D eigenvalue weighted by Gasteiger charge is 1.99. The zero-order valence-electron chi connectivity index (χ0n) is 8.57. The van der Waals surface area contributed by atoms with E-state index in [2.05, 4.69) is 4.84 Å². The predicted octanol–water partition coefficient (Wildman–Crippen LogP) is 2.49. The largest absolute Gasteiger partial charge is 0.494 e. The van der Waals surface area contributed by atoms with Crippen LogP contribution in [0.1, 0.15) is 6.92 Å². The SMILES string of the molecule is CCOc1ccc2ccc(ON)cc2c1. The van der Waals surface area contributed by atoms with Crippen molar-refractivity contribution in [3.63, 3.8) is 0 Å². The summed E-state index contributed by atoms with van der Waals surface area (Å²) in [6.07, 6.45) is 0. The minimum atomic E-state index is 0.649. The first-order chi connectivity index (χ1) is 7.33. The third-order valence-electron chi connectivity index (χ3n) is 2.23. The molecule has 0 unspecified atom stereocenters. The van der Waals surface area contributed by atoms with Gasteiger partial charge in [0.2, 0.25) is 0 Å². The maximum absolute atomic E-state index is 5.42. The number of nitrogens with two attached hydrogens (primary N) is 1. The van der Waals surface area contributed by atoms with Crippen molar-refractivity contribution < 1.29 is 9.57 Å². The van der Waals surface area contributed by atoms with Gasteiger partial charge >= 0.3 is 0 Å². The van der Waals surface area contributed by atoms with E-state index < -0.39 is 0 Å². The van der Waals surface area contributed by atoms with Gasteiger partial charge in [0.25, 0.3) is 0 Å². The molecule has 0 aliphatic carbocycles. The van der Waals surface area contributed by atoms with Crippen molar-refractivity contribution in [2.24, 2.45) is 5.90 Å². The molecular formula is C12H13NO2. The molecule has 0 amide bonds. The van der Waals surface area contributed by atoms with E-state index in [1.165, 1.54) is 0 Å². The summed E-state index contributed by atoms with van der Waals surface area (Å²) in [5.41, 5.74) is 0. The normalized spacial score (nSPS) is 10.3. The molecule has 0 saturated carbocycles. The standard InChI is InChI=1S/C12H13NO2/c1-2-14-11-5-3-9-4-6-12(15-13)8-10(9)7-11/h3-8H,2,13H2,1H3. The zero-order valence-corrected chi connectivity index (χ0v) is 8.57. The Bertz CT molecular complexity index is 468. The van der Waals surface area contributed by atoms with E-state index in [0.717, 1.165) is 16.5 Å². The average Bonchev–Trinajstić information content (AvgIpc) is 2.28. The van der Waals surface area contributed by atoms with Gasteiger partial charge in [-0.2, -0.15) is 5.90 Å². The molecule has 0 heterocycles. The van der Waals surface area contributed by atoms with Gasteiger partial charge in [-0.15, -0.1) is 0 Å². The summed E-state index contributed by atoms with van der Waals surface area (Å²) in [7, 11) is 0. The monoisotopic (exact) mass is 203 g/mol. The van der Waals surface area contributed by atoms with Crippen LogP contribution in [0.4, 0.5) is 0 Å². The summed E-state index contributed by atoms with van der Waals surface area (Å²) in [4.78, 5) is 4.68. The summed E-state index contributed by atoms with van der Waals surface area (Å²) in [5.74, 6) is 6.62. The third kappa shape index (κ3) is 2.02. The molecule has 0 atom stereocenters. The fourth-order valence-electron chi connectivity index (χ4n) is 1.53. The Morgan fingerprint density at radius 1 is 1.00 bits per heavy atom. The second-order valence-corrected chi connectivity index (χ2v) is 3.22. The van der Waals surface area contributed by atoms with Crippen LogP contribution in [-0.4, -0.2) is 6.61 Å². The van der Waals surface area contributed by atoms with Crippen molar-refractivity contribution in [2.75, 3.05) is 6.61 Å². The molecule has 3 nitrogen and oxygen atoms in total. The molecule has 3 heteroatoms. The number of ether oxygens (including phenoxy) is 1. The molecule has 2 N–H and O–H groups in total. The summed E-state index contributed by atoms with van der Waals surface area (Å²) in [6.45, 7) is 2.63. The van der Waals surface area contributed by atoms with Gasteiger partial charge in [0, 0.05) is 0 Å². The smallest absolute Gasteiger partial charge is 0.147 e. The maximum Gasteiger partial charge on any atom is 0.147 e. The maximum atomic E-state index is 5.42. The molecule has 0 aliphatic rings. The van der Waals surface area contributed by atoms with Crippen LogP contribution in [0.5, 0.6) is 11.5 Å². The van der Waals surface area contributed by atoms with Crippen LogP contribution < -0.4 is 15.5 Å². The van der Waals surface area contributed by atoms with E-state index in [1.54, 1.807) is 0 Å². The van der Waals surface area contributed by atoms with Gasteiger partial charge in [-0.3, -0.25) is 0 Å². The van der Waals surface area contributed by atoms with Gasteiger partial charge < -0.3 is 9.57 Å². The molecular weight excluding hydrogens is 190 g/mol. The van der Waals surface area contributed by atoms with Crippen molar-refractivity contribution in [2.45, 2.75) is 6.92 Å². The van der Waals surface area contributed by atoms with Gasteiger partial charge in [-0.1, -0.05) is 12.1 Å². The van der Waals surface area contributed by atoms with Gasteiger partial charge in [0.05, 0.1) is 6.61 Å². The van der Waals surface area contributed by atoms with Crippen molar-refractivity contribution >= 4 is 10.8 Å². The van der Waals surface area contributed by atoms with E-state index >= 15 is 0 Å². The summed E-state index contributed by atoms with van der Waals surface area (Å²) < 4.78 is 5.42. The van der Waals surface area contributed by atoms with Gasteiger partial charge in [0.1, 0.15) is 11.5 Å². The molecule has 0 radical (unpaired) electrons. The lowest BCUT2D eigenvalue weighted by Gasteiger charge is -2.05. The lowest BCUT2D eigenvalue weighted by Crippen LogP contribution is -2.01. The number of hydrogen-bond donors (Lipinski definition) is 1. The number of benzene rings is 2. The van der Waals surface area contributed by atoms with Gasteiger partial charge in [-0.05, 0) is 42.0 Å². The Morgan fingerprint density at radius 2 is 1.67 bits per heavy atom. The highest BCUT2D eigenvalue weighted by atomic mass is 16.6. The van der Waals surface area contributed by atoms with Crippen LogP contribution >= 0.6 is 0 Å². The van der Waals surface area contributed by atoms with Crippen LogP contribution in [0.3, 0.4) is 0 Å². The predicted molar refractivity (Wildman–Crippen MR) is 59.9 cm³/mol. The van der Waals surface area contributed by atoms with E-state index in [9.17, 15) is 0 Å². The Kier molecular flexibility index (Phi) is 2.74. The fourth-order valence-corrected chi connectivity index (χ4v) is 1.53. The van der Waals surface area contributed by atoms with Crippen LogP contribution in [-0.2, 0) is 0 Å². The molecule has 0 spiro atoms. The van der Waals surface area contributed by atoms with E-state index in [-0.39, 0.29) is 0 Å². The lowest BCUT2D eigenvalue weighted by molar-refractivity contribution is 0.335. The van der Waals surface area contributed by atoms with E-state index in [1.807, 2.05) is 43.3 Å². The second-order valence-electron chi connectivity index (χ2n) is 3.22. The van der Waals surface area contributed by atoms with E-state index in [4.69, 9.17) is 10.6 Å². The molecule has 0 aromatic heterocycles. The molecule has 2 aromatic rings. The molecule has 2 aromatic carbocycles. The quantitative estimate of drug-likeness (QED) is 0.779. The second kappa shape index (κ2) is 4.19. The van der Waals surface area contributed by atoms with Crippen molar-refractivity contribution in [1.82, 2.24) is 0 Å². The number of fused-ring (bicyclic) bond motifs is 1. The van der Waals surface area contributed by atoms with E-state index in [0.29, 0.717) is 12.4 Å². The summed E-state index contributed by atoms with van der Waals surface area (Å²) >= 11 is 0. The summed E-state index contributed by atoms with van der Waals surface area (Å²) in [6, 6.07) is 11.6. The fraction of sp³-hybridized carbons (Fsp3) is 0.167. The zero-order chi connectivity index (χ0) is 10.7. The van der Waals surface area contributed by atoms with Crippen LogP contribution in [0.25, 0.3) is 10.8 Å². The minimum Gasteiger partial charge on any atom is -0.494 e. The first kappa shape index (κ1) is 9.80. The van der Waals surface area contributed by atoms with Gasteiger partial charge in [-0.25, -0.2) is 0 Å². The molecule has 0 saturated heterocycles. The van der Waals surface area contributed by atoms with Crippen molar-refractivity contribution in [3.8, 4) is 11.5 Å².